The smallest absolute Gasteiger partial charge is 0.233 e. The average Bonchev–Trinajstić information content (AvgIpc) is 3.54. The summed E-state index contributed by atoms with van der Waals surface area (Å²) in [5.74, 6) is 1.17. The number of benzene rings is 2. The standard InChI is InChI=1S/C22H23N3OS3/c1-16(18-12-13-18)24(14-17-8-4-2-5-9-17)20(26)15-28-21-23-25(22(27)29-21)19-10-6-3-7-11-19/h2-11,16,18H,12-15H2,1H3/t16-/m0/s1. The Bertz CT molecular complexity index is 1010. The summed E-state index contributed by atoms with van der Waals surface area (Å²) in [7, 11) is 0. The van der Waals surface area contributed by atoms with Crippen LogP contribution in [-0.2, 0) is 11.3 Å². The van der Waals surface area contributed by atoms with E-state index in [9.17, 15) is 4.79 Å². The van der Waals surface area contributed by atoms with Crippen LogP contribution in [0.3, 0.4) is 0 Å². The van der Waals surface area contributed by atoms with E-state index >= 15 is 0 Å². The van der Waals surface area contributed by atoms with E-state index in [1.165, 1.54) is 41.5 Å². The van der Waals surface area contributed by atoms with Gasteiger partial charge in [0.25, 0.3) is 0 Å². The summed E-state index contributed by atoms with van der Waals surface area (Å²) in [5, 5.41) is 4.61. The van der Waals surface area contributed by atoms with Crippen LogP contribution in [0.2, 0.25) is 0 Å². The van der Waals surface area contributed by atoms with Gasteiger partial charge in [-0.1, -0.05) is 71.6 Å². The summed E-state index contributed by atoms with van der Waals surface area (Å²) in [5.41, 5.74) is 2.11. The number of rotatable bonds is 8. The van der Waals surface area contributed by atoms with Gasteiger partial charge in [0, 0.05) is 12.6 Å². The molecule has 3 aromatic rings. The highest BCUT2D eigenvalue weighted by Crippen LogP contribution is 2.36. The molecule has 0 saturated heterocycles. The van der Waals surface area contributed by atoms with Gasteiger partial charge in [-0.25, -0.2) is 4.68 Å². The van der Waals surface area contributed by atoms with Gasteiger partial charge in [0.2, 0.25) is 5.91 Å². The van der Waals surface area contributed by atoms with Crippen molar-refractivity contribution in [2.45, 2.75) is 36.7 Å². The number of thioether (sulfide) groups is 1. The van der Waals surface area contributed by atoms with Gasteiger partial charge in [-0.3, -0.25) is 4.79 Å². The van der Waals surface area contributed by atoms with Crippen molar-refractivity contribution in [2.75, 3.05) is 5.75 Å². The molecule has 0 bridgehead atoms. The molecule has 0 spiro atoms. The fourth-order valence-corrected chi connectivity index (χ4v) is 5.58. The summed E-state index contributed by atoms with van der Waals surface area (Å²) < 4.78 is 3.28. The number of carbonyl (C=O) groups excluding carboxylic acids is 1. The van der Waals surface area contributed by atoms with Crippen LogP contribution in [0, 0.1) is 9.87 Å². The van der Waals surface area contributed by atoms with E-state index in [1.807, 2.05) is 53.4 Å². The summed E-state index contributed by atoms with van der Waals surface area (Å²) in [4.78, 5) is 15.1. The quantitative estimate of drug-likeness (QED) is 0.338. The number of aromatic nitrogens is 2. The van der Waals surface area contributed by atoms with Crippen LogP contribution in [0.1, 0.15) is 25.3 Å². The molecule has 4 nitrogen and oxygen atoms in total. The maximum absolute atomic E-state index is 13.1. The first-order chi connectivity index (χ1) is 14.1. The second kappa shape index (κ2) is 9.24. The lowest BCUT2D eigenvalue weighted by Gasteiger charge is -2.29. The van der Waals surface area contributed by atoms with E-state index in [1.54, 1.807) is 4.68 Å². The second-order valence-corrected chi connectivity index (χ2v) is 10.1. The van der Waals surface area contributed by atoms with Gasteiger partial charge in [-0.2, -0.15) is 0 Å². The molecule has 1 saturated carbocycles. The minimum absolute atomic E-state index is 0.158. The van der Waals surface area contributed by atoms with Gasteiger partial charge in [-0.15, -0.1) is 5.10 Å². The molecule has 4 rings (SSSR count). The molecule has 0 aliphatic heterocycles. The number of amides is 1. The monoisotopic (exact) mass is 441 g/mol. The van der Waals surface area contributed by atoms with Crippen molar-refractivity contribution in [3.8, 4) is 5.69 Å². The Hall–Kier alpha value is -1.96. The van der Waals surface area contributed by atoms with Gasteiger partial charge in [0.1, 0.15) is 0 Å². The molecule has 1 amide bonds. The highest BCUT2D eigenvalue weighted by atomic mass is 32.2. The highest BCUT2D eigenvalue weighted by molar-refractivity contribution is 8.01. The zero-order valence-electron chi connectivity index (χ0n) is 16.2. The summed E-state index contributed by atoms with van der Waals surface area (Å²) in [6.45, 7) is 2.84. The second-order valence-electron chi connectivity index (χ2n) is 7.26. The van der Waals surface area contributed by atoms with Gasteiger partial charge in [0.15, 0.2) is 8.29 Å². The Morgan fingerprint density at radius 2 is 1.86 bits per heavy atom. The van der Waals surface area contributed by atoms with Crippen LogP contribution in [0.4, 0.5) is 0 Å². The number of nitrogens with zero attached hydrogens (tertiary/aromatic N) is 3. The molecule has 2 aromatic carbocycles. The zero-order chi connectivity index (χ0) is 20.2. The van der Waals surface area contributed by atoms with Crippen molar-refractivity contribution < 1.29 is 4.79 Å². The van der Waals surface area contributed by atoms with Crippen molar-refractivity contribution in [2.24, 2.45) is 5.92 Å². The van der Waals surface area contributed by atoms with E-state index in [-0.39, 0.29) is 11.9 Å². The Balaban J connectivity index is 1.44. The average molecular weight is 442 g/mol. The van der Waals surface area contributed by atoms with Crippen molar-refractivity contribution in [1.29, 1.82) is 0 Å². The lowest BCUT2D eigenvalue weighted by Crippen LogP contribution is -2.40. The Morgan fingerprint density at radius 1 is 1.21 bits per heavy atom. The third kappa shape index (κ3) is 5.15. The molecule has 1 atom stereocenters. The van der Waals surface area contributed by atoms with Gasteiger partial charge in [-0.05, 0) is 55.6 Å². The first-order valence-electron chi connectivity index (χ1n) is 9.73. The third-order valence-corrected chi connectivity index (χ3v) is 7.51. The number of hydrogen-bond donors (Lipinski definition) is 0. The van der Waals surface area contributed by atoms with Crippen molar-refractivity contribution >= 4 is 41.2 Å². The molecule has 0 unspecified atom stereocenters. The Morgan fingerprint density at radius 3 is 2.52 bits per heavy atom. The van der Waals surface area contributed by atoms with Crippen LogP contribution in [0.15, 0.2) is 65.0 Å². The molecule has 1 aromatic heterocycles. The van der Waals surface area contributed by atoms with Gasteiger partial charge >= 0.3 is 0 Å². The predicted molar refractivity (Wildman–Crippen MR) is 122 cm³/mol. The molecule has 0 radical (unpaired) electrons. The molecular weight excluding hydrogens is 418 g/mol. The van der Waals surface area contributed by atoms with Crippen LogP contribution in [0.25, 0.3) is 5.69 Å². The molecule has 0 N–H and O–H groups in total. The normalized spacial score (nSPS) is 14.5. The molecule has 150 valence electrons. The summed E-state index contributed by atoms with van der Waals surface area (Å²) >= 11 is 8.40. The maximum atomic E-state index is 13.1. The summed E-state index contributed by atoms with van der Waals surface area (Å²) in [6.07, 6.45) is 2.44. The number of hydrogen-bond acceptors (Lipinski definition) is 5. The van der Waals surface area contributed by atoms with Crippen LogP contribution >= 0.6 is 35.3 Å². The van der Waals surface area contributed by atoms with Crippen LogP contribution < -0.4 is 0 Å². The maximum Gasteiger partial charge on any atom is 0.233 e. The number of para-hydroxylation sites is 1. The Kier molecular flexibility index (Phi) is 6.47. The lowest BCUT2D eigenvalue weighted by atomic mass is 10.1. The fourth-order valence-electron chi connectivity index (χ4n) is 3.33. The van der Waals surface area contributed by atoms with E-state index in [0.29, 0.717) is 22.2 Å². The van der Waals surface area contributed by atoms with Crippen LogP contribution in [-0.4, -0.2) is 32.4 Å². The minimum Gasteiger partial charge on any atom is -0.335 e. The third-order valence-electron chi connectivity index (χ3n) is 5.16. The van der Waals surface area contributed by atoms with Crippen molar-refractivity contribution in [3.05, 3.63) is 70.2 Å². The number of carbonyl (C=O) groups is 1. The molecule has 1 aliphatic carbocycles. The van der Waals surface area contributed by atoms with Crippen molar-refractivity contribution in [1.82, 2.24) is 14.7 Å². The molecule has 7 heteroatoms. The molecule has 1 heterocycles. The Labute approximate surface area is 184 Å². The first-order valence-corrected chi connectivity index (χ1v) is 11.9. The molecule has 1 fully saturated rings. The zero-order valence-corrected chi connectivity index (χ0v) is 18.7. The lowest BCUT2D eigenvalue weighted by molar-refractivity contribution is -0.131. The van der Waals surface area contributed by atoms with E-state index in [4.69, 9.17) is 12.2 Å². The van der Waals surface area contributed by atoms with Gasteiger partial charge in [0.05, 0.1) is 11.4 Å². The van der Waals surface area contributed by atoms with E-state index in [2.05, 4.69) is 24.2 Å². The highest BCUT2D eigenvalue weighted by Gasteiger charge is 2.34. The topological polar surface area (TPSA) is 38.1 Å². The van der Waals surface area contributed by atoms with E-state index < -0.39 is 0 Å². The first kappa shape index (κ1) is 20.3. The van der Waals surface area contributed by atoms with E-state index in [0.717, 1.165) is 10.0 Å². The van der Waals surface area contributed by atoms with Crippen LogP contribution in [0.5, 0.6) is 0 Å². The largest absolute Gasteiger partial charge is 0.335 e. The van der Waals surface area contributed by atoms with Gasteiger partial charge < -0.3 is 4.90 Å². The predicted octanol–water partition coefficient (Wildman–Crippen LogP) is 5.58. The minimum atomic E-state index is 0.158. The summed E-state index contributed by atoms with van der Waals surface area (Å²) in [6, 6.07) is 20.4. The molecular formula is C22H23N3OS3. The fraction of sp³-hybridized carbons (Fsp3) is 0.318. The molecule has 1 aliphatic rings. The SMILES string of the molecule is C[C@@H](C1CC1)N(Cc1ccccc1)C(=O)CSc1nn(-c2ccccc2)c(=S)s1. The molecule has 29 heavy (non-hydrogen) atoms. The van der Waals surface area contributed by atoms with Crippen molar-refractivity contribution in [3.63, 3.8) is 0 Å².